The number of terminal acetylenes is 1. The zero-order valence-corrected chi connectivity index (χ0v) is 18.5. The molecule has 1 amide bonds. The summed E-state index contributed by atoms with van der Waals surface area (Å²) in [6, 6.07) is 12.9. The highest BCUT2D eigenvalue weighted by Crippen LogP contribution is 2.22. The van der Waals surface area contributed by atoms with Crippen LogP contribution in [0.15, 0.2) is 47.4 Å². The lowest BCUT2D eigenvalue weighted by Crippen LogP contribution is -3.16. The molecule has 6 nitrogen and oxygen atoms in total. The van der Waals surface area contributed by atoms with Gasteiger partial charge < -0.3 is 10.2 Å². The molecule has 3 rings (SSSR count). The van der Waals surface area contributed by atoms with Crippen LogP contribution >= 0.6 is 0 Å². The molecule has 0 unspecified atom stereocenters. The highest BCUT2D eigenvalue weighted by molar-refractivity contribution is 7.89. The SMILES string of the molecule is C#CC(CC)(CC)NC(=O)C[NH+]1CCN(S(=O)(=O)c2ccc3ccccc3c2)CC1. The molecule has 1 aliphatic heterocycles. The minimum Gasteiger partial charge on any atom is -0.335 e. The molecule has 0 bridgehead atoms. The number of quaternary nitrogens is 1. The topological polar surface area (TPSA) is 70.9 Å². The van der Waals surface area contributed by atoms with E-state index in [0.29, 0.717) is 50.5 Å². The van der Waals surface area contributed by atoms with Crippen molar-refractivity contribution in [1.29, 1.82) is 0 Å². The Morgan fingerprint density at radius 3 is 2.37 bits per heavy atom. The van der Waals surface area contributed by atoms with Crippen LogP contribution in [0.2, 0.25) is 0 Å². The second-order valence-electron chi connectivity index (χ2n) is 7.82. The van der Waals surface area contributed by atoms with E-state index in [0.717, 1.165) is 15.7 Å². The van der Waals surface area contributed by atoms with Crippen LogP contribution in [-0.2, 0) is 14.8 Å². The predicted octanol–water partition coefficient (Wildman–Crippen LogP) is 1.04. The average molecular weight is 429 g/mol. The molecular weight excluding hydrogens is 398 g/mol. The summed E-state index contributed by atoms with van der Waals surface area (Å²) >= 11 is 0. The average Bonchev–Trinajstić information content (AvgIpc) is 2.77. The number of nitrogens with zero attached hydrogens (tertiary/aromatic N) is 1. The lowest BCUT2D eigenvalue weighted by atomic mass is 9.94. The van der Waals surface area contributed by atoms with Crippen molar-refractivity contribution in [2.45, 2.75) is 37.1 Å². The molecular formula is C23H30N3O3S+. The number of hydrogen-bond donors (Lipinski definition) is 2. The van der Waals surface area contributed by atoms with Gasteiger partial charge in [-0.3, -0.25) is 4.79 Å². The summed E-state index contributed by atoms with van der Waals surface area (Å²) in [6.07, 6.45) is 6.98. The van der Waals surface area contributed by atoms with Gasteiger partial charge in [0.2, 0.25) is 10.0 Å². The summed E-state index contributed by atoms with van der Waals surface area (Å²) in [5.74, 6) is 2.63. The minimum atomic E-state index is -3.55. The smallest absolute Gasteiger partial charge is 0.276 e. The second kappa shape index (κ2) is 9.17. The fourth-order valence-electron chi connectivity index (χ4n) is 3.90. The number of fused-ring (bicyclic) bond motifs is 1. The van der Waals surface area contributed by atoms with Gasteiger partial charge in [-0.2, -0.15) is 4.31 Å². The lowest BCUT2D eigenvalue weighted by molar-refractivity contribution is -0.895. The first kappa shape index (κ1) is 22.3. The van der Waals surface area contributed by atoms with E-state index in [1.54, 1.807) is 12.1 Å². The van der Waals surface area contributed by atoms with Crippen molar-refractivity contribution in [3.8, 4) is 12.3 Å². The fraction of sp³-hybridized carbons (Fsp3) is 0.435. The summed E-state index contributed by atoms with van der Waals surface area (Å²) in [5, 5.41) is 4.90. The Labute approximate surface area is 179 Å². The van der Waals surface area contributed by atoms with E-state index in [-0.39, 0.29) is 5.91 Å². The second-order valence-corrected chi connectivity index (χ2v) is 9.76. The maximum Gasteiger partial charge on any atom is 0.276 e. The number of nitrogens with one attached hydrogen (secondary N) is 2. The number of carbonyl (C=O) groups excluding carboxylic acids is 1. The van der Waals surface area contributed by atoms with Gasteiger partial charge in [0, 0.05) is 0 Å². The van der Waals surface area contributed by atoms with Crippen LogP contribution in [0.5, 0.6) is 0 Å². The number of sulfonamides is 1. The van der Waals surface area contributed by atoms with Crippen molar-refractivity contribution >= 4 is 26.7 Å². The molecule has 1 aliphatic rings. The summed E-state index contributed by atoms with van der Waals surface area (Å²) in [7, 11) is -3.55. The molecule has 1 heterocycles. The van der Waals surface area contributed by atoms with Gasteiger partial charge in [0.15, 0.2) is 6.54 Å². The fourth-order valence-corrected chi connectivity index (χ4v) is 5.38. The van der Waals surface area contributed by atoms with Crippen molar-refractivity contribution in [3.63, 3.8) is 0 Å². The van der Waals surface area contributed by atoms with Crippen LogP contribution in [0.25, 0.3) is 10.8 Å². The maximum atomic E-state index is 13.1. The Bertz CT molecular complexity index is 1050. The van der Waals surface area contributed by atoms with Crippen LogP contribution in [0.4, 0.5) is 0 Å². The summed E-state index contributed by atoms with van der Waals surface area (Å²) in [6.45, 7) is 6.18. The van der Waals surface area contributed by atoms with Crippen LogP contribution in [0.3, 0.4) is 0 Å². The van der Waals surface area contributed by atoms with Crippen molar-refractivity contribution < 1.29 is 18.1 Å². The number of carbonyl (C=O) groups is 1. The number of benzene rings is 2. The Hall–Kier alpha value is -2.40. The molecule has 0 aromatic heterocycles. The zero-order valence-electron chi connectivity index (χ0n) is 17.6. The van der Waals surface area contributed by atoms with Crippen molar-refractivity contribution in [1.82, 2.24) is 9.62 Å². The Balaban J connectivity index is 1.61. The van der Waals surface area contributed by atoms with E-state index in [2.05, 4.69) is 11.2 Å². The first-order chi connectivity index (χ1) is 14.3. The lowest BCUT2D eigenvalue weighted by Gasteiger charge is -2.32. The van der Waals surface area contributed by atoms with Gasteiger partial charge in [0.05, 0.1) is 31.1 Å². The van der Waals surface area contributed by atoms with Gasteiger partial charge in [0.1, 0.15) is 5.54 Å². The number of rotatable bonds is 7. The molecule has 0 atom stereocenters. The van der Waals surface area contributed by atoms with Crippen LogP contribution in [-0.4, -0.2) is 56.9 Å². The molecule has 2 aromatic carbocycles. The van der Waals surface area contributed by atoms with Crippen LogP contribution in [0, 0.1) is 12.3 Å². The monoisotopic (exact) mass is 428 g/mol. The highest BCUT2D eigenvalue weighted by atomic mass is 32.2. The molecule has 2 aromatic rings. The van der Waals surface area contributed by atoms with Crippen LogP contribution in [0.1, 0.15) is 26.7 Å². The molecule has 1 saturated heterocycles. The third-order valence-corrected chi connectivity index (χ3v) is 7.96. The van der Waals surface area contributed by atoms with E-state index in [9.17, 15) is 13.2 Å². The molecule has 160 valence electrons. The maximum absolute atomic E-state index is 13.1. The first-order valence-electron chi connectivity index (χ1n) is 10.4. The van der Waals surface area contributed by atoms with E-state index in [1.807, 2.05) is 44.2 Å². The minimum absolute atomic E-state index is 0.0857. The Morgan fingerprint density at radius 1 is 1.13 bits per heavy atom. The van der Waals surface area contributed by atoms with E-state index in [4.69, 9.17) is 6.42 Å². The van der Waals surface area contributed by atoms with Gasteiger partial charge in [-0.05, 0) is 35.7 Å². The normalized spacial score (nSPS) is 16.3. The van der Waals surface area contributed by atoms with Crippen LogP contribution < -0.4 is 10.2 Å². The van der Waals surface area contributed by atoms with Crippen molar-refractivity contribution in [3.05, 3.63) is 42.5 Å². The molecule has 1 fully saturated rings. The molecule has 0 spiro atoms. The number of amides is 1. The van der Waals surface area contributed by atoms with Gasteiger partial charge in [-0.15, -0.1) is 6.42 Å². The van der Waals surface area contributed by atoms with Gasteiger partial charge in [0.25, 0.3) is 5.91 Å². The highest BCUT2D eigenvalue weighted by Gasteiger charge is 2.32. The predicted molar refractivity (Wildman–Crippen MR) is 119 cm³/mol. The first-order valence-corrected chi connectivity index (χ1v) is 11.9. The molecule has 2 N–H and O–H groups in total. The van der Waals surface area contributed by atoms with Crippen molar-refractivity contribution in [2.75, 3.05) is 32.7 Å². The molecule has 0 aliphatic carbocycles. The largest absolute Gasteiger partial charge is 0.335 e. The van der Waals surface area contributed by atoms with Crippen molar-refractivity contribution in [2.24, 2.45) is 0 Å². The molecule has 30 heavy (non-hydrogen) atoms. The summed E-state index contributed by atoms with van der Waals surface area (Å²) in [4.78, 5) is 13.8. The molecule has 0 saturated carbocycles. The summed E-state index contributed by atoms with van der Waals surface area (Å²) < 4.78 is 27.7. The third-order valence-electron chi connectivity index (χ3n) is 6.06. The van der Waals surface area contributed by atoms with Gasteiger partial charge in [-0.1, -0.05) is 50.1 Å². The van der Waals surface area contributed by atoms with E-state index < -0.39 is 15.6 Å². The zero-order chi connectivity index (χ0) is 21.8. The molecule has 0 radical (unpaired) electrons. The van der Waals surface area contributed by atoms with E-state index in [1.165, 1.54) is 4.31 Å². The molecule has 7 heteroatoms. The summed E-state index contributed by atoms with van der Waals surface area (Å²) in [5.41, 5.74) is -0.599. The van der Waals surface area contributed by atoms with Gasteiger partial charge in [-0.25, -0.2) is 8.42 Å². The Morgan fingerprint density at radius 2 is 1.77 bits per heavy atom. The standard InChI is InChI=1S/C23H29N3O3S/c1-4-23(5-2,6-3)24-22(27)18-25-13-15-26(16-14-25)30(28,29)21-12-11-19-9-7-8-10-20(19)17-21/h1,7-12,17H,5-6,13-16,18H2,2-3H3,(H,24,27)/p+1. The van der Waals surface area contributed by atoms with E-state index >= 15 is 0 Å². The Kier molecular flexibility index (Phi) is 6.81. The quantitative estimate of drug-likeness (QED) is 0.648. The van der Waals surface area contributed by atoms with Gasteiger partial charge >= 0.3 is 0 Å². The number of hydrogen-bond acceptors (Lipinski definition) is 3. The number of piperazine rings is 1. The third kappa shape index (κ3) is 4.67.